The molecule has 0 saturated carbocycles. The predicted octanol–water partition coefficient (Wildman–Crippen LogP) is 1.59. The standard InChI is InChI=1S/C18H21N3O4/c1-23-17-10-13(5-8-20-17)18(22)21-15-6-9-24-12-16(15)25-11-14-4-2-3-7-19-14/h2-5,7-8,10,15-16H,6,9,11-12H2,1H3,(H,21,22)/t15-,16-/m1/s1. The molecule has 0 aliphatic carbocycles. The molecule has 3 rings (SSSR count). The number of hydrogen-bond donors (Lipinski definition) is 1. The number of ether oxygens (including phenoxy) is 3. The quantitative estimate of drug-likeness (QED) is 0.858. The minimum absolute atomic E-state index is 0.121. The monoisotopic (exact) mass is 343 g/mol. The highest BCUT2D eigenvalue weighted by Gasteiger charge is 2.28. The number of rotatable bonds is 6. The minimum atomic E-state index is -0.219. The molecule has 2 atom stereocenters. The van der Waals surface area contributed by atoms with Crippen molar-refractivity contribution in [1.29, 1.82) is 0 Å². The zero-order valence-corrected chi connectivity index (χ0v) is 14.1. The maximum Gasteiger partial charge on any atom is 0.251 e. The van der Waals surface area contributed by atoms with Gasteiger partial charge in [0.05, 0.1) is 32.1 Å². The molecule has 1 N–H and O–H groups in total. The van der Waals surface area contributed by atoms with Crippen molar-refractivity contribution in [3.05, 3.63) is 54.0 Å². The molecule has 0 radical (unpaired) electrons. The average molecular weight is 343 g/mol. The molecule has 132 valence electrons. The molecule has 0 unspecified atom stereocenters. The molecule has 0 spiro atoms. The van der Waals surface area contributed by atoms with Crippen LogP contribution in [0.4, 0.5) is 0 Å². The van der Waals surface area contributed by atoms with Crippen molar-refractivity contribution in [3.63, 3.8) is 0 Å². The zero-order chi connectivity index (χ0) is 17.5. The van der Waals surface area contributed by atoms with Gasteiger partial charge in [0.1, 0.15) is 6.10 Å². The molecule has 1 aliphatic rings. The maximum atomic E-state index is 12.5. The van der Waals surface area contributed by atoms with Gasteiger partial charge < -0.3 is 19.5 Å². The van der Waals surface area contributed by atoms with Gasteiger partial charge >= 0.3 is 0 Å². The molecule has 25 heavy (non-hydrogen) atoms. The lowest BCUT2D eigenvalue weighted by molar-refractivity contribution is -0.0743. The average Bonchev–Trinajstić information content (AvgIpc) is 2.68. The second kappa shape index (κ2) is 8.55. The predicted molar refractivity (Wildman–Crippen MR) is 90.3 cm³/mol. The first-order valence-corrected chi connectivity index (χ1v) is 8.16. The van der Waals surface area contributed by atoms with E-state index < -0.39 is 0 Å². The Kier molecular flexibility index (Phi) is 5.92. The number of amides is 1. The summed E-state index contributed by atoms with van der Waals surface area (Å²) in [4.78, 5) is 20.8. The lowest BCUT2D eigenvalue weighted by Gasteiger charge is -2.32. The number of methoxy groups -OCH3 is 1. The molecule has 1 fully saturated rings. The van der Waals surface area contributed by atoms with Crippen molar-refractivity contribution in [2.24, 2.45) is 0 Å². The van der Waals surface area contributed by atoms with E-state index in [0.29, 0.717) is 37.7 Å². The number of carbonyl (C=O) groups is 1. The van der Waals surface area contributed by atoms with Crippen molar-refractivity contribution in [2.75, 3.05) is 20.3 Å². The Hall–Kier alpha value is -2.51. The van der Waals surface area contributed by atoms with Gasteiger partial charge in [0.25, 0.3) is 5.91 Å². The van der Waals surface area contributed by atoms with Crippen LogP contribution in [0.1, 0.15) is 22.5 Å². The molecule has 2 aromatic rings. The highest BCUT2D eigenvalue weighted by molar-refractivity contribution is 5.94. The first-order chi connectivity index (χ1) is 12.3. The second-order valence-electron chi connectivity index (χ2n) is 5.70. The number of nitrogens with zero attached hydrogens (tertiary/aromatic N) is 2. The van der Waals surface area contributed by atoms with E-state index in [1.807, 2.05) is 18.2 Å². The van der Waals surface area contributed by atoms with Crippen LogP contribution in [-0.2, 0) is 16.1 Å². The molecule has 0 bridgehead atoms. The van der Waals surface area contributed by atoms with Gasteiger partial charge in [-0.25, -0.2) is 4.98 Å². The van der Waals surface area contributed by atoms with Gasteiger partial charge in [0.2, 0.25) is 5.88 Å². The van der Waals surface area contributed by atoms with E-state index in [9.17, 15) is 4.79 Å². The van der Waals surface area contributed by atoms with Gasteiger partial charge in [0.15, 0.2) is 0 Å². The van der Waals surface area contributed by atoms with Crippen LogP contribution in [0.15, 0.2) is 42.7 Å². The van der Waals surface area contributed by atoms with Crippen molar-refractivity contribution >= 4 is 5.91 Å². The van der Waals surface area contributed by atoms with E-state index in [2.05, 4.69) is 15.3 Å². The third-order valence-electron chi connectivity index (χ3n) is 4.00. The highest BCUT2D eigenvalue weighted by Crippen LogP contribution is 2.15. The Morgan fingerprint density at radius 2 is 2.24 bits per heavy atom. The summed E-state index contributed by atoms with van der Waals surface area (Å²) in [5.41, 5.74) is 1.35. The largest absolute Gasteiger partial charge is 0.481 e. The summed E-state index contributed by atoms with van der Waals surface area (Å²) >= 11 is 0. The number of hydrogen-bond acceptors (Lipinski definition) is 6. The van der Waals surface area contributed by atoms with E-state index in [1.54, 1.807) is 24.5 Å². The Bertz CT molecular complexity index is 696. The second-order valence-corrected chi connectivity index (χ2v) is 5.70. The van der Waals surface area contributed by atoms with E-state index >= 15 is 0 Å². The summed E-state index contributed by atoms with van der Waals surface area (Å²) in [6.45, 7) is 1.41. The number of pyridine rings is 2. The fraction of sp³-hybridized carbons (Fsp3) is 0.389. The van der Waals surface area contributed by atoms with Gasteiger partial charge in [-0.2, -0.15) is 0 Å². The summed E-state index contributed by atoms with van der Waals surface area (Å²) in [6.07, 6.45) is 3.75. The third kappa shape index (κ3) is 4.74. The third-order valence-corrected chi connectivity index (χ3v) is 4.00. The highest BCUT2D eigenvalue weighted by atomic mass is 16.5. The van der Waals surface area contributed by atoms with Crippen LogP contribution in [0.2, 0.25) is 0 Å². The molecule has 1 aliphatic heterocycles. The molecule has 1 saturated heterocycles. The Morgan fingerprint density at radius 3 is 3.04 bits per heavy atom. The Balaban J connectivity index is 1.61. The minimum Gasteiger partial charge on any atom is -0.481 e. The molecule has 3 heterocycles. The topological polar surface area (TPSA) is 82.6 Å². The first-order valence-electron chi connectivity index (χ1n) is 8.16. The first kappa shape index (κ1) is 17.3. The summed E-state index contributed by atoms with van der Waals surface area (Å²) < 4.78 is 16.5. The summed E-state index contributed by atoms with van der Waals surface area (Å²) in [7, 11) is 1.52. The smallest absolute Gasteiger partial charge is 0.251 e. The number of nitrogens with one attached hydrogen (secondary N) is 1. The number of aromatic nitrogens is 2. The lowest BCUT2D eigenvalue weighted by atomic mass is 10.1. The molecule has 2 aromatic heterocycles. The Morgan fingerprint density at radius 1 is 1.32 bits per heavy atom. The van der Waals surface area contributed by atoms with Crippen LogP contribution in [0, 0.1) is 0 Å². The van der Waals surface area contributed by atoms with Crippen LogP contribution in [0.3, 0.4) is 0 Å². The van der Waals surface area contributed by atoms with E-state index in [-0.39, 0.29) is 18.1 Å². The molecule has 1 amide bonds. The van der Waals surface area contributed by atoms with Crippen molar-refractivity contribution in [2.45, 2.75) is 25.2 Å². The zero-order valence-electron chi connectivity index (χ0n) is 14.1. The van der Waals surface area contributed by atoms with Crippen molar-refractivity contribution in [3.8, 4) is 5.88 Å². The van der Waals surface area contributed by atoms with Crippen LogP contribution in [-0.4, -0.2) is 48.3 Å². The SMILES string of the molecule is COc1cc(C(=O)N[C@@H]2CCOC[C@H]2OCc2ccccn2)ccn1. The van der Waals surface area contributed by atoms with Gasteiger partial charge in [-0.15, -0.1) is 0 Å². The van der Waals surface area contributed by atoms with Gasteiger partial charge in [-0.1, -0.05) is 6.07 Å². The van der Waals surface area contributed by atoms with Crippen molar-refractivity contribution in [1.82, 2.24) is 15.3 Å². The molecule has 7 nitrogen and oxygen atoms in total. The van der Waals surface area contributed by atoms with Gasteiger partial charge in [-0.05, 0) is 24.6 Å². The normalized spacial score (nSPS) is 20.0. The van der Waals surface area contributed by atoms with Crippen LogP contribution < -0.4 is 10.1 Å². The summed E-state index contributed by atoms with van der Waals surface area (Å²) in [5, 5.41) is 3.03. The fourth-order valence-corrected chi connectivity index (χ4v) is 2.63. The van der Waals surface area contributed by atoms with Crippen molar-refractivity contribution < 1.29 is 19.0 Å². The molecular formula is C18H21N3O4. The van der Waals surface area contributed by atoms with Crippen LogP contribution >= 0.6 is 0 Å². The molecule has 0 aromatic carbocycles. The lowest BCUT2D eigenvalue weighted by Crippen LogP contribution is -2.50. The Labute approximate surface area is 146 Å². The molecular weight excluding hydrogens is 322 g/mol. The van der Waals surface area contributed by atoms with E-state index in [1.165, 1.54) is 7.11 Å². The maximum absolute atomic E-state index is 12.5. The summed E-state index contributed by atoms with van der Waals surface area (Å²) in [5.74, 6) is 0.224. The fourth-order valence-electron chi connectivity index (χ4n) is 2.63. The van der Waals surface area contributed by atoms with Crippen LogP contribution in [0.5, 0.6) is 5.88 Å². The summed E-state index contributed by atoms with van der Waals surface area (Å²) in [6, 6.07) is 8.82. The van der Waals surface area contributed by atoms with E-state index in [4.69, 9.17) is 14.2 Å². The van der Waals surface area contributed by atoms with Crippen LogP contribution in [0.25, 0.3) is 0 Å². The number of carbonyl (C=O) groups excluding carboxylic acids is 1. The van der Waals surface area contributed by atoms with Gasteiger partial charge in [0, 0.05) is 30.6 Å². The molecule has 7 heteroatoms. The van der Waals surface area contributed by atoms with Gasteiger partial charge in [-0.3, -0.25) is 9.78 Å². The van der Waals surface area contributed by atoms with E-state index in [0.717, 1.165) is 5.69 Å².